The molecule has 1 atom stereocenters. The Morgan fingerprint density at radius 3 is 2.18 bits per heavy atom. The normalized spacial score (nSPS) is 13.7. The Balaban J connectivity index is 4.40. The van der Waals surface area contributed by atoms with Crippen molar-refractivity contribution in [1.29, 1.82) is 0 Å². The Hall–Kier alpha value is 0.350. The smallest absolute Gasteiger partial charge is 0.331 e. The third kappa shape index (κ3) is 10.2. The Kier molecular flexibility index (Phi) is 14.0. The van der Waals surface area contributed by atoms with Gasteiger partial charge in [-0.1, -0.05) is 0 Å². The van der Waals surface area contributed by atoms with Gasteiger partial charge < -0.3 is 18.7 Å². The lowest BCUT2D eigenvalue weighted by atomic mass is 10.5. The van der Waals surface area contributed by atoms with E-state index in [1.54, 1.807) is 20.8 Å². The van der Waals surface area contributed by atoms with Gasteiger partial charge in [0, 0.05) is 25.8 Å². The highest BCUT2D eigenvalue weighted by Gasteiger charge is 2.24. The molecule has 0 saturated heterocycles. The minimum Gasteiger partial charge on any atom is -0.395 e. The van der Waals surface area contributed by atoms with Crippen molar-refractivity contribution in [2.45, 2.75) is 20.8 Å². The van der Waals surface area contributed by atoms with E-state index in [4.69, 9.17) is 18.7 Å². The van der Waals surface area contributed by atoms with Crippen molar-refractivity contribution in [3.63, 3.8) is 0 Å². The van der Waals surface area contributed by atoms with Crippen LogP contribution in [0.15, 0.2) is 0 Å². The van der Waals surface area contributed by atoms with Crippen molar-refractivity contribution in [2.75, 3.05) is 58.4 Å². The number of rotatable bonds is 15. The van der Waals surface area contributed by atoms with Gasteiger partial charge in [-0.05, 0) is 25.3 Å². The van der Waals surface area contributed by atoms with E-state index < -0.39 is 16.0 Å². The Morgan fingerprint density at radius 2 is 1.73 bits per heavy atom. The maximum atomic E-state index is 12.4. The van der Waals surface area contributed by atoms with Crippen molar-refractivity contribution < 1.29 is 32.5 Å². The molecule has 0 aromatic heterocycles. The summed E-state index contributed by atoms with van der Waals surface area (Å²) in [6, 6.07) is 0. The highest BCUT2D eigenvalue weighted by atomic mass is 31.2. The molecule has 1 unspecified atom stereocenters. The minimum absolute atomic E-state index is 0.0450. The van der Waals surface area contributed by atoms with E-state index in [-0.39, 0.29) is 12.8 Å². The molecule has 22 heavy (non-hydrogen) atoms. The van der Waals surface area contributed by atoms with Gasteiger partial charge in [0.1, 0.15) is 0 Å². The fourth-order valence-corrected chi connectivity index (χ4v) is 4.41. The van der Waals surface area contributed by atoms with Gasteiger partial charge in [0.2, 0.25) is 8.38 Å². The molecule has 134 valence electrons. The third-order valence-electron chi connectivity index (χ3n) is 2.71. The highest BCUT2D eigenvalue weighted by molar-refractivity contribution is 7.53. The van der Waals surface area contributed by atoms with Gasteiger partial charge in [0.05, 0.1) is 32.6 Å². The topological polar surface area (TPSA) is 77.5 Å². The standard InChI is InChI=1S/C12H28FNO6P2/c1-4-17-21(20-13)11-8-14(7-10-15)9-12-22(16,18-5-2)19-6-3/h15H,4-12H2,1-3H3. The molecule has 7 nitrogen and oxygen atoms in total. The van der Waals surface area contributed by atoms with Crippen LogP contribution < -0.4 is 0 Å². The van der Waals surface area contributed by atoms with Gasteiger partial charge in [-0.25, -0.2) is 0 Å². The molecule has 0 aliphatic rings. The maximum absolute atomic E-state index is 12.4. The van der Waals surface area contributed by atoms with Gasteiger partial charge in [-0.15, -0.1) is 4.73 Å². The van der Waals surface area contributed by atoms with Crippen LogP contribution in [0.5, 0.6) is 0 Å². The second-order valence-electron chi connectivity index (χ2n) is 4.28. The van der Waals surface area contributed by atoms with Crippen LogP contribution in [0.1, 0.15) is 20.8 Å². The van der Waals surface area contributed by atoms with Gasteiger partial charge in [0.25, 0.3) is 0 Å². The maximum Gasteiger partial charge on any atom is 0.331 e. The van der Waals surface area contributed by atoms with E-state index in [1.807, 2.05) is 4.90 Å². The summed E-state index contributed by atoms with van der Waals surface area (Å²) in [4.78, 5) is 1.86. The molecule has 0 amide bonds. The van der Waals surface area contributed by atoms with E-state index in [0.717, 1.165) is 0 Å². The zero-order valence-corrected chi connectivity index (χ0v) is 15.4. The first-order valence-electron chi connectivity index (χ1n) is 7.45. The molecule has 0 fully saturated rings. The first kappa shape index (κ1) is 22.4. The van der Waals surface area contributed by atoms with Crippen LogP contribution in [-0.2, 0) is 22.9 Å². The van der Waals surface area contributed by atoms with E-state index in [0.29, 0.717) is 45.6 Å². The molecule has 0 aromatic rings. The van der Waals surface area contributed by atoms with Crippen molar-refractivity contribution in [1.82, 2.24) is 4.90 Å². The summed E-state index contributed by atoms with van der Waals surface area (Å²) in [5, 5.41) is 9.09. The van der Waals surface area contributed by atoms with Gasteiger partial charge >= 0.3 is 7.60 Å². The molecule has 0 rings (SSSR count). The minimum atomic E-state index is -3.12. The molecule has 0 heterocycles. The molecule has 0 saturated carbocycles. The lowest BCUT2D eigenvalue weighted by molar-refractivity contribution is -0.00979. The fourth-order valence-electron chi connectivity index (χ4n) is 1.79. The van der Waals surface area contributed by atoms with E-state index in [9.17, 15) is 9.09 Å². The monoisotopic (exact) mass is 363 g/mol. The molecule has 0 aromatic carbocycles. The molecular formula is C12H28FNO6P2. The lowest BCUT2D eigenvalue weighted by Gasteiger charge is -2.25. The summed E-state index contributed by atoms with van der Waals surface area (Å²) in [7, 11) is -4.69. The summed E-state index contributed by atoms with van der Waals surface area (Å²) in [6.45, 7) is 7.49. The van der Waals surface area contributed by atoms with Crippen molar-refractivity contribution >= 4 is 16.0 Å². The van der Waals surface area contributed by atoms with Gasteiger partial charge in [-0.3, -0.25) is 9.46 Å². The Labute approximate surface area is 133 Å². The molecule has 0 aliphatic carbocycles. The number of hydrogen-bond donors (Lipinski definition) is 1. The predicted octanol–water partition coefficient (Wildman–Crippen LogP) is 2.80. The third-order valence-corrected chi connectivity index (χ3v) is 6.02. The van der Waals surface area contributed by atoms with Crippen LogP contribution in [0.25, 0.3) is 0 Å². The van der Waals surface area contributed by atoms with Gasteiger partial charge in [0.15, 0.2) is 0 Å². The number of aliphatic hydroxyl groups is 1. The van der Waals surface area contributed by atoms with Crippen LogP contribution in [0, 0.1) is 0 Å². The van der Waals surface area contributed by atoms with E-state index in [1.165, 1.54) is 0 Å². The van der Waals surface area contributed by atoms with Gasteiger partial charge in [-0.2, -0.15) is 0 Å². The first-order chi connectivity index (χ1) is 10.5. The summed E-state index contributed by atoms with van der Waals surface area (Å²) in [5.41, 5.74) is 0. The van der Waals surface area contributed by atoms with Crippen LogP contribution in [0.3, 0.4) is 0 Å². The van der Waals surface area contributed by atoms with Crippen molar-refractivity contribution in [3.05, 3.63) is 0 Å². The zero-order chi connectivity index (χ0) is 16.8. The molecule has 0 aliphatic heterocycles. The number of nitrogens with zero attached hydrogens (tertiary/aromatic N) is 1. The summed E-state index contributed by atoms with van der Waals surface area (Å²) < 4.78 is 44.0. The number of hydrogen-bond acceptors (Lipinski definition) is 7. The summed E-state index contributed by atoms with van der Waals surface area (Å²) in [5.74, 6) is 0. The van der Waals surface area contributed by atoms with Crippen molar-refractivity contribution in [3.8, 4) is 0 Å². The average Bonchev–Trinajstić information content (AvgIpc) is 2.49. The average molecular weight is 363 g/mol. The predicted molar refractivity (Wildman–Crippen MR) is 84.9 cm³/mol. The van der Waals surface area contributed by atoms with Crippen LogP contribution in [-0.4, -0.2) is 68.4 Å². The zero-order valence-electron chi connectivity index (χ0n) is 13.6. The quantitative estimate of drug-likeness (QED) is 0.448. The second-order valence-corrected chi connectivity index (χ2v) is 7.97. The number of aliphatic hydroxyl groups excluding tert-OH is 1. The molecule has 1 N–H and O–H groups in total. The summed E-state index contributed by atoms with van der Waals surface area (Å²) in [6.07, 6.45) is 0.588. The number of halogens is 1. The lowest BCUT2D eigenvalue weighted by Crippen LogP contribution is -2.32. The molecule has 0 bridgehead atoms. The second kappa shape index (κ2) is 13.8. The Bertz CT molecular complexity index is 303. The van der Waals surface area contributed by atoms with E-state index >= 15 is 0 Å². The molecule has 0 radical (unpaired) electrons. The highest BCUT2D eigenvalue weighted by Crippen LogP contribution is 2.47. The largest absolute Gasteiger partial charge is 0.395 e. The van der Waals surface area contributed by atoms with E-state index in [2.05, 4.69) is 4.73 Å². The molecule has 0 spiro atoms. The van der Waals surface area contributed by atoms with Crippen LogP contribution in [0.2, 0.25) is 0 Å². The SMILES string of the molecule is CCOP(CCN(CCO)CCP(=O)(OCC)OCC)OF. The molecule has 10 heteroatoms. The molecular weight excluding hydrogens is 335 g/mol. The first-order valence-corrected chi connectivity index (χ1v) is 10.5. The Morgan fingerprint density at radius 1 is 1.09 bits per heavy atom. The van der Waals surface area contributed by atoms with Crippen LogP contribution in [0.4, 0.5) is 4.53 Å². The van der Waals surface area contributed by atoms with Crippen molar-refractivity contribution in [2.24, 2.45) is 0 Å². The fraction of sp³-hybridized carbons (Fsp3) is 1.00. The van der Waals surface area contributed by atoms with Crippen LogP contribution >= 0.6 is 16.0 Å². The summed E-state index contributed by atoms with van der Waals surface area (Å²) >= 11 is 0.